The molecule has 2 aromatic carbocycles. The van der Waals surface area contributed by atoms with Gasteiger partial charge in [-0.05, 0) is 38.1 Å². The minimum Gasteiger partial charge on any atom is -0.493 e. The topological polar surface area (TPSA) is 85.9 Å². The monoisotopic (exact) mass is 372 g/mol. The maximum atomic E-state index is 12.1. The molecule has 2 rings (SSSR count). The standard InChI is InChI=1S/C20H24N2O5/c1-14(2)27-16-9-5-4-8-15(16)22-19(23)12-21-20(24)13-26-18-11-7-6-10-17(18)25-3/h4-11,14H,12-13H2,1-3H3,(H,21,24)(H,22,23). The summed E-state index contributed by atoms with van der Waals surface area (Å²) in [5, 5.41) is 5.24. The summed E-state index contributed by atoms with van der Waals surface area (Å²) in [6, 6.07) is 14.1. The molecule has 0 fully saturated rings. The summed E-state index contributed by atoms with van der Waals surface area (Å²) in [5.41, 5.74) is 0.552. The largest absolute Gasteiger partial charge is 0.493 e. The highest BCUT2D eigenvalue weighted by atomic mass is 16.5. The van der Waals surface area contributed by atoms with Gasteiger partial charge in [-0.2, -0.15) is 0 Å². The molecule has 0 heterocycles. The highest BCUT2D eigenvalue weighted by Crippen LogP contribution is 2.26. The number of benzene rings is 2. The second-order valence-corrected chi connectivity index (χ2v) is 5.93. The molecular formula is C20H24N2O5. The maximum Gasteiger partial charge on any atom is 0.258 e. The second kappa shape index (κ2) is 10.1. The Morgan fingerprint density at radius 3 is 2.22 bits per heavy atom. The van der Waals surface area contributed by atoms with Crippen LogP contribution in [0.5, 0.6) is 17.2 Å². The van der Waals surface area contributed by atoms with Gasteiger partial charge in [0.05, 0.1) is 25.4 Å². The highest BCUT2D eigenvalue weighted by molar-refractivity contribution is 5.95. The fraction of sp³-hybridized carbons (Fsp3) is 0.300. The molecule has 0 radical (unpaired) electrons. The minimum absolute atomic E-state index is 0.0186. The van der Waals surface area contributed by atoms with E-state index in [1.807, 2.05) is 19.9 Å². The predicted octanol–water partition coefficient (Wildman–Crippen LogP) is 2.62. The Kier molecular flexibility index (Phi) is 7.49. The molecule has 27 heavy (non-hydrogen) atoms. The summed E-state index contributed by atoms with van der Waals surface area (Å²) < 4.78 is 16.2. The summed E-state index contributed by atoms with van der Waals surface area (Å²) in [6.45, 7) is 3.41. The van der Waals surface area contributed by atoms with E-state index in [0.29, 0.717) is 22.9 Å². The Labute approximate surface area is 158 Å². The van der Waals surface area contributed by atoms with Gasteiger partial charge in [0.1, 0.15) is 5.75 Å². The predicted molar refractivity (Wildman–Crippen MR) is 102 cm³/mol. The molecule has 0 aliphatic rings. The van der Waals surface area contributed by atoms with Crippen LogP contribution < -0.4 is 24.8 Å². The highest BCUT2D eigenvalue weighted by Gasteiger charge is 2.11. The average molecular weight is 372 g/mol. The fourth-order valence-corrected chi connectivity index (χ4v) is 2.23. The van der Waals surface area contributed by atoms with E-state index in [1.165, 1.54) is 7.11 Å². The van der Waals surface area contributed by atoms with Gasteiger partial charge in [-0.3, -0.25) is 9.59 Å². The Balaban J connectivity index is 1.81. The molecule has 7 nitrogen and oxygen atoms in total. The zero-order chi connectivity index (χ0) is 19.6. The number of ether oxygens (including phenoxy) is 3. The number of hydrogen-bond donors (Lipinski definition) is 2. The number of amides is 2. The molecular weight excluding hydrogens is 348 g/mol. The van der Waals surface area contributed by atoms with E-state index in [0.717, 1.165) is 0 Å². The Bertz CT molecular complexity index is 776. The van der Waals surface area contributed by atoms with Crippen molar-refractivity contribution < 1.29 is 23.8 Å². The summed E-state index contributed by atoms with van der Waals surface area (Å²) in [5.74, 6) is 0.791. The van der Waals surface area contributed by atoms with Crippen LogP contribution in [0.25, 0.3) is 0 Å². The van der Waals surface area contributed by atoms with Crippen LogP contribution >= 0.6 is 0 Å². The molecule has 2 amide bonds. The van der Waals surface area contributed by atoms with Crippen LogP contribution in [0, 0.1) is 0 Å². The van der Waals surface area contributed by atoms with Crippen molar-refractivity contribution in [2.45, 2.75) is 20.0 Å². The number of anilines is 1. The molecule has 0 spiro atoms. The Morgan fingerprint density at radius 1 is 0.926 bits per heavy atom. The number of methoxy groups -OCH3 is 1. The molecule has 0 saturated heterocycles. The van der Waals surface area contributed by atoms with Gasteiger partial charge >= 0.3 is 0 Å². The van der Waals surface area contributed by atoms with E-state index in [1.54, 1.807) is 42.5 Å². The lowest BCUT2D eigenvalue weighted by Crippen LogP contribution is -2.35. The first-order chi connectivity index (χ1) is 13.0. The molecule has 0 aliphatic heterocycles. The average Bonchev–Trinajstić information content (AvgIpc) is 2.66. The van der Waals surface area contributed by atoms with Crippen LogP contribution in [0.4, 0.5) is 5.69 Å². The van der Waals surface area contributed by atoms with Crippen LogP contribution in [0.15, 0.2) is 48.5 Å². The Hall–Kier alpha value is -3.22. The van der Waals surface area contributed by atoms with E-state index in [4.69, 9.17) is 14.2 Å². The molecule has 0 bridgehead atoms. The lowest BCUT2D eigenvalue weighted by Gasteiger charge is -2.15. The van der Waals surface area contributed by atoms with Crippen LogP contribution in [0.2, 0.25) is 0 Å². The number of nitrogens with one attached hydrogen (secondary N) is 2. The zero-order valence-electron chi connectivity index (χ0n) is 15.7. The van der Waals surface area contributed by atoms with E-state index in [9.17, 15) is 9.59 Å². The van der Waals surface area contributed by atoms with Gasteiger partial charge in [-0.15, -0.1) is 0 Å². The van der Waals surface area contributed by atoms with Crippen molar-refractivity contribution in [3.8, 4) is 17.2 Å². The summed E-state index contributed by atoms with van der Waals surface area (Å²) >= 11 is 0. The molecule has 2 aromatic rings. The molecule has 2 N–H and O–H groups in total. The fourth-order valence-electron chi connectivity index (χ4n) is 2.23. The third-order valence-electron chi connectivity index (χ3n) is 3.40. The number of carbonyl (C=O) groups excluding carboxylic acids is 2. The first-order valence-electron chi connectivity index (χ1n) is 8.57. The van der Waals surface area contributed by atoms with Crippen molar-refractivity contribution in [1.82, 2.24) is 5.32 Å². The van der Waals surface area contributed by atoms with E-state index >= 15 is 0 Å². The third-order valence-corrected chi connectivity index (χ3v) is 3.40. The quantitative estimate of drug-likeness (QED) is 0.707. The van der Waals surface area contributed by atoms with Gasteiger partial charge in [-0.1, -0.05) is 24.3 Å². The van der Waals surface area contributed by atoms with Gasteiger partial charge in [0.25, 0.3) is 5.91 Å². The van der Waals surface area contributed by atoms with Gasteiger partial charge in [0.2, 0.25) is 5.91 Å². The van der Waals surface area contributed by atoms with Crippen LogP contribution in [-0.4, -0.2) is 38.2 Å². The van der Waals surface area contributed by atoms with Crippen molar-refractivity contribution in [1.29, 1.82) is 0 Å². The first kappa shape index (κ1) is 20.1. The van der Waals surface area contributed by atoms with E-state index in [-0.39, 0.29) is 25.2 Å². The summed E-state index contributed by atoms with van der Waals surface area (Å²) in [6.07, 6.45) is -0.0186. The Morgan fingerprint density at radius 2 is 1.56 bits per heavy atom. The zero-order valence-corrected chi connectivity index (χ0v) is 15.7. The number of hydrogen-bond acceptors (Lipinski definition) is 5. The molecule has 0 aliphatic carbocycles. The molecule has 144 valence electrons. The maximum absolute atomic E-state index is 12.1. The van der Waals surface area contributed by atoms with Gasteiger partial charge < -0.3 is 24.8 Å². The van der Waals surface area contributed by atoms with Gasteiger partial charge in [0.15, 0.2) is 18.1 Å². The van der Waals surface area contributed by atoms with Crippen molar-refractivity contribution in [2.75, 3.05) is 25.6 Å². The van der Waals surface area contributed by atoms with Crippen LogP contribution in [0.1, 0.15) is 13.8 Å². The van der Waals surface area contributed by atoms with Crippen LogP contribution in [-0.2, 0) is 9.59 Å². The van der Waals surface area contributed by atoms with Crippen molar-refractivity contribution in [2.24, 2.45) is 0 Å². The first-order valence-corrected chi connectivity index (χ1v) is 8.57. The van der Waals surface area contributed by atoms with Crippen molar-refractivity contribution in [3.05, 3.63) is 48.5 Å². The van der Waals surface area contributed by atoms with E-state index in [2.05, 4.69) is 10.6 Å². The summed E-state index contributed by atoms with van der Waals surface area (Å²) in [7, 11) is 1.52. The van der Waals surface area contributed by atoms with Gasteiger partial charge in [0, 0.05) is 0 Å². The number of rotatable bonds is 9. The smallest absolute Gasteiger partial charge is 0.258 e. The third kappa shape index (κ3) is 6.54. The SMILES string of the molecule is COc1ccccc1OCC(=O)NCC(=O)Nc1ccccc1OC(C)C. The lowest BCUT2D eigenvalue weighted by molar-refractivity contribution is -0.125. The second-order valence-electron chi connectivity index (χ2n) is 5.93. The van der Waals surface area contributed by atoms with E-state index < -0.39 is 5.91 Å². The minimum atomic E-state index is -0.414. The number of carbonyl (C=O) groups is 2. The molecule has 0 unspecified atom stereocenters. The summed E-state index contributed by atoms with van der Waals surface area (Å²) in [4.78, 5) is 24.0. The molecule has 0 aromatic heterocycles. The van der Waals surface area contributed by atoms with Crippen molar-refractivity contribution in [3.63, 3.8) is 0 Å². The number of para-hydroxylation sites is 4. The van der Waals surface area contributed by atoms with Crippen LogP contribution in [0.3, 0.4) is 0 Å². The molecule has 0 atom stereocenters. The molecule has 0 saturated carbocycles. The van der Waals surface area contributed by atoms with Gasteiger partial charge in [-0.25, -0.2) is 0 Å². The van der Waals surface area contributed by atoms with Crippen molar-refractivity contribution >= 4 is 17.5 Å². The molecule has 7 heteroatoms. The normalized spacial score (nSPS) is 10.2. The lowest BCUT2D eigenvalue weighted by atomic mass is 10.3.